The van der Waals surface area contributed by atoms with E-state index in [2.05, 4.69) is 0 Å². The van der Waals surface area contributed by atoms with E-state index in [1.807, 2.05) is 29.0 Å². The topological polar surface area (TPSA) is 62.5 Å². The molecule has 4 nitrogen and oxygen atoms in total. The van der Waals surface area contributed by atoms with Crippen molar-refractivity contribution in [3.05, 3.63) is 65.9 Å². The highest BCUT2D eigenvalue weighted by Crippen LogP contribution is 2.20. The van der Waals surface area contributed by atoms with Crippen LogP contribution in [0, 0.1) is 0 Å². The molecule has 0 aliphatic carbocycles. The molecule has 20 heavy (non-hydrogen) atoms. The van der Waals surface area contributed by atoms with Crippen molar-refractivity contribution in [3.8, 4) is 5.75 Å². The Kier molecular flexibility index (Phi) is 2.91. The molecule has 0 saturated heterocycles. The van der Waals surface area contributed by atoms with Crippen LogP contribution >= 0.6 is 0 Å². The number of hydrogen-bond donors (Lipinski definition) is 2. The molecule has 2 N–H and O–H groups in total. The molecule has 3 aromatic rings. The number of carbonyl (C=O) groups is 1. The van der Waals surface area contributed by atoms with E-state index < -0.39 is 5.97 Å². The zero-order valence-electron chi connectivity index (χ0n) is 10.7. The maximum atomic E-state index is 10.9. The summed E-state index contributed by atoms with van der Waals surface area (Å²) in [6.45, 7) is 0.629. The number of rotatable bonds is 3. The third-order valence-electron chi connectivity index (χ3n) is 3.28. The van der Waals surface area contributed by atoms with Crippen molar-refractivity contribution < 1.29 is 15.0 Å². The molecule has 4 heteroatoms. The summed E-state index contributed by atoms with van der Waals surface area (Å²) in [5.74, 6) is -0.681. The largest absolute Gasteiger partial charge is 0.508 e. The Morgan fingerprint density at radius 3 is 2.70 bits per heavy atom. The van der Waals surface area contributed by atoms with E-state index in [4.69, 9.17) is 5.11 Å². The van der Waals surface area contributed by atoms with E-state index in [1.54, 1.807) is 30.3 Å². The van der Waals surface area contributed by atoms with Gasteiger partial charge in [-0.15, -0.1) is 0 Å². The van der Waals surface area contributed by atoms with Crippen molar-refractivity contribution >= 4 is 16.9 Å². The molecule has 0 amide bonds. The molecule has 0 unspecified atom stereocenters. The minimum Gasteiger partial charge on any atom is -0.508 e. The SMILES string of the molecule is O=C(O)c1ccc2c(ccn2Cc2cccc(O)c2)c1. The smallest absolute Gasteiger partial charge is 0.335 e. The summed E-state index contributed by atoms with van der Waals surface area (Å²) in [6, 6.07) is 14.1. The Hall–Kier alpha value is -2.75. The molecule has 1 heterocycles. The summed E-state index contributed by atoms with van der Waals surface area (Å²) in [7, 11) is 0. The number of nitrogens with zero attached hydrogens (tertiary/aromatic N) is 1. The molecular weight excluding hydrogens is 254 g/mol. The van der Waals surface area contributed by atoms with E-state index in [-0.39, 0.29) is 11.3 Å². The summed E-state index contributed by atoms with van der Waals surface area (Å²) in [4.78, 5) is 10.9. The van der Waals surface area contributed by atoms with Gasteiger partial charge in [-0.1, -0.05) is 12.1 Å². The van der Waals surface area contributed by atoms with Gasteiger partial charge in [-0.25, -0.2) is 4.79 Å². The number of phenols is 1. The van der Waals surface area contributed by atoms with Crippen LogP contribution in [0.1, 0.15) is 15.9 Å². The number of carboxylic acids is 1. The Bertz CT molecular complexity index is 789. The highest BCUT2D eigenvalue weighted by atomic mass is 16.4. The van der Waals surface area contributed by atoms with Crippen LogP contribution in [0.5, 0.6) is 5.75 Å². The molecule has 0 spiro atoms. The summed E-state index contributed by atoms with van der Waals surface area (Å²) in [5, 5.41) is 19.4. The predicted molar refractivity (Wildman–Crippen MR) is 76.1 cm³/mol. The second-order valence-corrected chi connectivity index (χ2v) is 4.69. The van der Waals surface area contributed by atoms with Crippen LogP contribution in [0.25, 0.3) is 10.9 Å². The minimum atomic E-state index is -0.923. The Labute approximate surface area is 115 Å². The highest BCUT2D eigenvalue weighted by Gasteiger charge is 2.07. The molecule has 0 atom stereocenters. The van der Waals surface area contributed by atoms with Gasteiger partial charge in [0.05, 0.1) is 5.56 Å². The quantitative estimate of drug-likeness (QED) is 0.766. The number of carboxylic acid groups (broad SMARTS) is 1. The van der Waals surface area contributed by atoms with Crippen molar-refractivity contribution in [1.29, 1.82) is 0 Å². The Morgan fingerprint density at radius 2 is 1.95 bits per heavy atom. The lowest BCUT2D eigenvalue weighted by Crippen LogP contribution is -1.99. The standard InChI is InChI=1S/C16H13NO3/c18-14-3-1-2-11(8-14)10-17-7-6-12-9-13(16(19)20)4-5-15(12)17/h1-9,18H,10H2,(H,19,20). The lowest BCUT2D eigenvalue weighted by Gasteiger charge is -2.06. The van der Waals surface area contributed by atoms with Gasteiger partial charge in [0.2, 0.25) is 0 Å². The van der Waals surface area contributed by atoms with Crippen LogP contribution in [-0.4, -0.2) is 20.7 Å². The van der Waals surface area contributed by atoms with Gasteiger partial charge in [0, 0.05) is 23.6 Å². The van der Waals surface area contributed by atoms with Gasteiger partial charge in [0.15, 0.2) is 0 Å². The van der Waals surface area contributed by atoms with Crippen LogP contribution in [0.2, 0.25) is 0 Å². The van der Waals surface area contributed by atoms with Gasteiger partial charge in [-0.3, -0.25) is 0 Å². The summed E-state index contributed by atoms with van der Waals surface area (Å²) in [6.07, 6.45) is 1.92. The van der Waals surface area contributed by atoms with E-state index in [1.165, 1.54) is 0 Å². The number of benzene rings is 2. The molecule has 0 radical (unpaired) electrons. The first kappa shape index (κ1) is 12.3. The molecule has 0 aliphatic rings. The van der Waals surface area contributed by atoms with E-state index >= 15 is 0 Å². The van der Waals surface area contributed by atoms with Crippen LogP contribution < -0.4 is 0 Å². The third kappa shape index (κ3) is 2.23. The average Bonchev–Trinajstić information content (AvgIpc) is 2.81. The first-order valence-corrected chi connectivity index (χ1v) is 6.23. The van der Waals surface area contributed by atoms with Gasteiger partial charge in [-0.2, -0.15) is 0 Å². The highest BCUT2D eigenvalue weighted by molar-refractivity contribution is 5.93. The molecule has 2 aromatic carbocycles. The Morgan fingerprint density at radius 1 is 1.10 bits per heavy atom. The fourth-order valence-electron chi connectivity index (χ4n) is 2.32. The minimum absolute atomic E-state index is 0.243. The lowest BCUT2D eigenvalue weighted by molar-refractivity contribution is 0.0697. The first-order valence-electron chi connectivity index (χ1n) is 6.23. The van der Waals surface area contributed by atoms with E-state index in [0.717, 1.165) is 16.5 Å². The van der Waals surface area contributed by atoms with Crippen LogP contribution in [0.3, 0.4) is 0 Å². The molecule has 0 fully saturated rings. The van der Waals surface area contributed by atoms with Gasteiger partial charge in [0.1, 0.15) is 5.75 Å². The number of aromatic nitrogens is 1. The van der Waals surface area contributed by atoms with Gasteiger partial charge < -0.3 is 14.8 Å². The second-order valence-electron chi connectivity index (χ2n) is 4.69. The number of phenolic OH excluding ortho intramolecular Hbond substituents is 1. The monoisotopic (exact) mass is 267 g/mol. The number of aromatic carboxylic acids is 1. The maximum absolute atomic E-state index is 10.9. The molecule has 3 rings (SSSR count). The number of aromatic hydroxyl groups is 1. The van der Waals surface area contributed by atoms with E-state index in [9.17, 15) is 9.90 Å². The molecule has 1 aromatic heterocycles. The first-order chi connectivity index (χ1) is 9.63. The fourth-order valence-corrected chi connectivity index (χ4v) is 2.32. The van der Waals surface area contributed by atoms with Crippen molar-refractivity contribution in [3.63, 3.8) is 0 Å². The number of hydrogen-bond acceptors (Lipinski definition) is 2. The van der Waals surface area contributed by atoms with Crippen LogP contribution in [-0.2, 0) is 6.54 Å². The predicted octanol–water partition coefficient (Wildman–Crippen LogP) is 3.09. The summed E-state index contributed by atoms with van der Waals surface area (Å²) >= 11 is 0. The van der Waals surface area contributed by atoms with Gasteiger partial charge in [0.25, 0.3) is 0 Å². The van der Waals surface area contributed by atoms with Gasteiger partial charge in [-0.05, 0) is 42.0 Å². The molecule has 100 valence electrons. The lowest BCUT2D eigenvalue weighted by atomic mass is 10.1. The molecule has 0 bridgehead atoms. The van der Waals surface area contributed by atoms with Crippen molar-refractivity contribution in [2.24, 2.45) is 0 Å². The third-order valence-corrected chi connectivity index (χ3v) is 3.28. The van der Waals surface area contributed by atoms with Gasteiger partial charge >= 0.3 is 5.97 Å². The fraction of sp³-hybridized carbons (Fsp3) is 0.0625. The Balaban J connectivity index is 1.98. The zero-order chi connectivity index (χ0) is 14.1. The average molecular weight is 267 g/mol. The van der Waals surface area contributed by atoms with Crippen molar-refractivity contribution in [2.75, 3.05) is 0 Å². The maximum Gasteiger partial charge on any atom is 0.335 e. The van der Waals surface area contributed by atoms with E-state index in [0.29, 0.717) is 6.54 Å². The van der Waals surface area contributed by atoms with Crippen molar-refractivity contribution in [1.82, 2.24) is 4.57 Å². The van der Waals surface area contributed by atoms with Crippen LogP contribution in [0.4, 0.5) is 0 Å². The molecular formula is C16H13NO3. The summed E-state index contributed by atoms with van der Waals surface area (Å²) in [5.41, 5.74) is 2.25. The van der Waals surface area contributed by atoms with Crippen LogP contribution in [0.15, 0.2) is 54.7 Å². The normalized spacial score (nSPS) is 10.8. The molecule has 0 saturated carbocycles. The second kappa shape index (κ2) is 4.74. The number of fused-ring (bicyclic) bond motifs is 1. The summed E-state index contributed by atoms with van der Waals surface area (Å²) < 4.78 is 2.02. The molecule has 0 aliphatic heterocycles. The zero-order valence-corrected chi connectivity index (χ0v) is 10.7. The van der Waals surface area contributed by atoms with Crippen molar-refractivity contribution in [2.45, 2.75) is 6.54 Å².